The monoisotopic (exact) mass is 405 g/mol. The fourth-order valence-electron chi connectivity index (χ4n) is 2.29. The summed E-state index contributed by atoms with van der Waals surface area (Å²) in [5, 5.41) is 0. The number of nitrogens with zero attached hydrogens (tertiary/aromatic N) is 1. The molecule has 2 aromatic carbocycles. The van der Waals surface area contributed by atoms with Gasteiger partial charge in [-0.1, -0.05) is 12.1 Å². The fraction of sp³-hybridized carbons (Fsp3) is 0.188. The van der Waals surface area contributed by atoms with Crippen LogP contribution < -0.4 is 15.6 Å². The van der Waals surface area contributed by atoms with Crippen LogP contribution in [0.15, 0.2) is 42.5 Å². The first kappa shape index (κ1) is 20.6. The zero-order valence-electron chi connectivity index (χ0n) is 13.9. The zero-order valence-corrected chi connectivity index (χ0v) is 14.7. The molecule has 0 saturated heterocycles. The predicted octanol–water partition coefficient (Wildman–Crippen LogP) is 2.41. The minimum absolute atomic E-state index is 0.0938. The quantitative estimate of drug-likeness (QED) is 0.346. The minimum Gasteiger partial charge on any atom is -0.290 e. The highest BCUT2D eigenvalue weighted by Crippen LogP contribution is 2.32. The van der Waals surface area contributed by atoms with E-state index >= 15 is 0 Å². The Morgan fingerprint density at radius 1 is 1.19 bits per heavy atom. The Labute approximate surface area is 152 Å². The second-order valence-electron chi connectivity index (χ2n) is 5.60. The molecule has 11 heteroatoms. The van der Waals surface area contributed by atoms with Crippen molar-refractivity contribution in [3.8, 4) is 0 Å². The van der Waals surface area contributed by atoms with Gasteiger partial charge in [-0.15, -0.1) is 0 Å². The summed E-state index contributed by atoms with van der Waals surface area (Å²) in [5.41, 5.74) is 0.288. The van der Waals surface area contributed by atoms with Crippen molar-refractivity contribution in [3.05, 3.63) is 65.0 Å². The standard InChI is InChI=1S/C16H15F4N3O3S/c1-27(25,26)23(13-4-2-3-12(8-13)16(18,19)20)9-11-6-5-10(7-14(11)17)15(24)22-21/h2-8H,9,21H2,1H3,(H,22,24). The molecule has 1 amide bonds. The number of hydrogen-bond donors (Lipinski definition) is 2. The number of hydrogen-bond acceptors (Lipinski definition) is 4. The third-order valence-corrected chi connectivity index (χ3v) is 4.76. The van der Waals surface area contributed by atoms with Gasteiger partial charge in [0.05, 0.1) is 24.1 Å². The summed E-state index contributed by atoms with van der Waals surface area (Å²) in [6, 6.07) is 6.91. The maximum atomic E-state index is 14.3. The number of halogens is 4. The normalized spacial score (nSPS) is 11.9. The molecule has 0 saturated carbocycles. The molecule has 27 heavy (non-hydrogen) atoms. The topological polar surface area (TPSA) is 92.5 Å². The van der Waals surface area contributed by atoms with Crippen LogP contribution >= 0.6 is 0 Å². The molecular weight excluding hydrogens is 390 g/mol. The molecule has 0 spiro atoms. The number of rotatable bonds is 5. The Kier molecular flexibility index (Phi) is 5.76. The number of nitrogens with two attached hydrogens (primary N) is 1. The van der Waals surface area contributed by atoms with Crippen molar-refractivity contribution in [1.29, 1.82) is 0 Å². The SMILES string of the molecule is CS(=O)(=O)N(Cc1ccc(C(=O)NN)cc1F)c1cccc(C(F)(F)F)c1. The van der Waals surface area contributed by atoms with Gasteiger partial charge in [0, 0.05) is 11.1 Å². The van der Waals surface area contributed by atoms with E-state index < -0.39 is 40.0 Å². The van der Waals surface area contributed by atoms with Crippen LogP contribution in [0.5, 0.6) is 0 Å². The fourth-order valence-corrected chi connectivity index (χ4v) is 3.16. The molecule has 3 N–H and O–H groups in total. The molecule has 6 nitrogen and oxygen atoms in total. The molecule has 0 radical (unpaired) electrons. The summed E-state index contributed by atoms with van der Waals surface area (Å²) in [4.78, 5) is 11.4. The lowest BCUT2D eigenvalue weighted by atomic mass is 10.1. The highest BCUT2D eigenvalue weighted by atomic mass is 32.2. The van der Waals surface area contributed by atoms with Crippen LogP contribution in [0.4, 0.5) is 23.2 Å². The van der Waals surface area contributed by atoms with Crippen LogP contribution in [0.1, 0.15) is 21.5 Å². The number of nitrogen functional groups attached to an aromatic ring is 1. The highest BCUT2D eigenvalue weighted by Gasteiger charge is 2.31. The van der Waals surface area contributed by atoms with Crippen LogP contribution in [-0.2, 0) is 22.7 Å². The van der Waals surface area contributed by atoms with E-state index in [9.17, 15) is 30.8 Å². The third kappa shape index (κ3) is 4.95. The Bertz CT molecular complexity index is 962. The maximum absolute atomic E-state index is 14.3. The van der Waals surface area contributed by atoms with Crippen molar-refractivity contribution in [3.63, 3.8) is 0 Å². The van der Waals surface area contributed by atoms with Gasteiger partial charge in [0.2, 0.25) is 10.0 Å². The van der Waals surface area contributed by atoms with E-state index in [0.29, 0.717) is 10.4 Å². The number of carbonyl (C=O) groups is 1. The van der Waals surface area contributed by atoms with Gasteiger partial charge in [-0.05, 0) is 30.3 Å². The first-order chi connectivity index (χ1) is 12.4. The van der Waals surface area contributed by atoms with E-state index in [1.807, 2.05) is 5.43 Å². The molecule has 2 aromatic rings. The Morgan fingerprint density at radius 3 is 2.37 bits per heavy atom. The van der Waals surface area contributed by atoms with E-state index in [4.69, 9.17) is 5.84 Å². The largest absolute Gasteiger partial charge is 0.416 e. The lowest BCUT2D eigenvalue weighted by Gasteiger charge is -2.23. The zero-order chi connectivity index (χ0) is 20.4. The molecule has 146 valence electrons. The van der Waals surface area contributed by atoms with Crippen molar-refractivity contribution >= 4 is 21.6 Å². The van der Waals surface area contributed by atoms with E-state index in [1.54, 1.807) is 0 Å². The van der Waals surface area contributed by atoms with Crippen molar-refractivity contribution < 1.29 is 30.8 Å². The van der Waals surface area contributed by atoms with Crippen LogP contribution in [0.25, 0.3) is 0 Å². The summed E-state index contributed by atoms with van der Waals surface area (Å²) < 4.78 is 77.7. The number of nitrogens with one attached hydrogen (secondary N) is 1. The van der Waals surface area contributed by atoms with Crippen molar-refractivity contribution in [2.24, 2.45) is 5.84 Å². The van der Waals surface area contributed by atoms with Gasteiger partial charge in [0.25, 0.3) is 5.91 Å². The number of hydrazine groups is 1. The number of alkyl halides is 3. The number of amides is 1. The van der Waals surface area contributed by atoms with E-state index in [1.165, 1.54) is 12.1 Å². The van der Waals surface area contributed by atoms with Crippen LogP contribution in [-0.4, -0.2) is 20.6 Å². The first-order valence-corrected chi connectivity index (χ1v) is 9.22. The van der Waals surface area contributed by atoms with Gasteiger partial charge in [-0.25, -0.2) is 18.7 Å². The lowest BCUT2D eigenvalue weighted by Crippen LogP contribution is -2.31. The smallest absolute Gasteiger partial charge is 0.290 e. The van der Waals surface area contributed by atoms with Crippen molar-refractivity contribution in [1.82, 2.24) is 5.43 Å². The predicted molar refractivity (Wildman–Crippen MR) is 90.5 cm³/mol. The van der Waals surface area contributed by atoms with E-state index in [2.05, 4.69) is 0 Å². The molecular formula is C16H15F4N3O3S. The van der Waals surface area contributed by atoms with Gasteiger partial charge in [-0.3, -0.25) is 14.5 Å². The first-order valence-electron chi connectivity index (χ1n) is 7.38. The number of sulfonamides is 1. The summed E-state index contributed by atoms with van der Waals surface area (Å²) in [6.07, 6.45) is -3.87. The molecule has 0 atom stereocenters. The molecule has 0 heterocycles. The van der Waals surface area contributed by atoms with Gasteiger partial charge >= 0.3 is 6.18 Å². The second kappa shape index (κ2) is 7.53. The molecule has 0 aliphatic carbocycles. The average molecular weight is 405 g/mol. The summed E-state index contributed by atoms with van der Waals surface area (Å²) in [7, 11) is -4.03. The van der Waals surface area contributed by atoms with Crippen molar-refractivity contribution in [2.75, 3.05) is 10.6 Å². The molecule has 0 aromatic heterocycles. The second-order valence-corrected chi connectivity index (χ2v) is 7.50. The Hall–Kier alpha value is -2.66. The minimum atomic E-state index is -4.67. The number of benzene rings is 2. The summed E-state index contributed by atoms with van der Waals surface area (Å²) in [5.74, 6) is 3.30. The van der Waals surface area contributed by atoms with Crippen LogP contribution in [0.2, 0.25) is 0 Å². The van der Waals surface area contributed by atoms with Crippen molar-refractivity contribution in [2.45, 2.75) is 12.7 Å². The number of carbonyl (C=O) groups excluding carboxylic acids is 1. The number of anilines is 1. The van der Waals surface area contributed by atoms with Gasteiger partial charge < -0.3 is 0 Å². The molecule has 0 bridgehead atoms. The van der Waals surface area contributed by atoms with Gasteiger partial charge in [0.15, 0.2) is 0 Å². The average Bonchev–Trinajstić information content (AvgIpc) is 2.58. The molecule has 0 fully saturated rings. The highest BCUT2D eigenvalue weighted by molar-refractivity contribution is 7.92. The van der Waals surface area contributed by atoms with Crippen LogP contribution in [0.3, 0.4) is 0 Å². The Balaban J connectivity index is 2.44. The van der Waals surface area contributed by atoms with Gasteiger partial charge in [0.1, 0.15) is 5.82 Å². The molecule has 2 rings (SSSR count). The molecule has 0 unspecified atom stereocenters. The Morgan fingerprint density at radius 2 is 1.85 bits per heavy atom. The maximum Gasteiger partial charge on any atom is 0.416 e. The van der Waals surface area contributed by atoms with E-state index in [0.717, 1.165) is 30.5 Å². The molecule has 0 aliphatic rings. The summed E-state index contributed by atoms with van der Waals surface area (Å²) in [6.45, 7) is -0.559. The van der Waals surface area contributed by atoms with Gasteiger partial charge in [-0.2, -0.15) is 13.2 Å². The van der Waals surface area contributed by atoms with E-state index in [-0.39, 0.29) is 16.8 Å². The third-order valence-electron chi connectivity index (χ3n) is 3.62. The van der Waals surface area contributed by atoms with Crippen LogP contribution in [0, 0.1) is 5.82 Å². The summed E-state index contributed by atoms with van der Waals surface area (Å²) >= 11 is 0. The molecule has 0 aliphatic heterocycles. The lowest BCUT2D eigenvalue weighted by molar-refractivity contribution is -0.137.